The fourth-order valence-electron chi connectivity index (χ4n) is 3.60. The van der Waals surface area contributed by atoms with Crippen LogP contribution in [0.5, 0.6) is 17.2 Å². The number of nitrogens with zero attached hydrogens (tertiary/aromatic N) is 1. The van der Waals surface area contributed by atoms with Gasteiger partial charge in [0.1, 0.15) is 18.5 Å². The van der Waals surface area contributed by atoms with Crippen molar-refractivity contribution < 1.29 is 24.1 Å². The first-order valence-electron chi connectivity index (χ1n) is 10.2. The SMILES string of the molecule is CCN(CC(O)COc1ccccc1C1=CC(=O)CC1)c1ccc(OC)c(OC)c1. The molecule has 1 aliphatic carbocycles. The summed E-state index contributed by atoms with van der Waals surface area (Å²) >= 11 is 0. The zero-order valence-corrected chi connectivity index (χ0v) is 17.8. The second-order valence-electron chi connectivity index (χ2n) is 7.17. The van der Waals surface area contributed by atoms with E-state index >= 15 is 0 Å². The number of carbonyl (C=O) groups is 1. The molecule has 3 rings (SSSR count). The monoisotopic (exact) mass is 411 g/mol. The van der Waals surface area contributed by atoms with Gasteiger partial charge in [-0.15, -0.1) is 0 Å². The number of aliphatic hydroxyl groups excluding tert-OH is 1. The van der Waals surface area contributed by atoms with Gasteiger partial charge in [0, 0.05) is 36.8 Å². The molecule has 6 nitrogen and oxygen atoms in total. The molecule has 0 fully saturated rings. The quantitative estimate of drug-likeness (QED) is 0.643. The van der Waals surface area contributed by atoms with Crippen molar-refractivity contribution in [2.24, 2.45) is 0 Å². The average Bonchev–Trinajstić information content (AvgIpc) is 3.21. The predicted octanol–water partition coefficient (Wildman–Crippen LogP) is 3.72. The van der Waals surface area contributed by atoms with Crippen LogP contribution in [0, 0.1) is 0 Å². The lowest BCUT2D eigenvalue weighted by molar-refractivity contribution is -0.114. The van der Waals surface area contributed by atoms with Crippen molar-refractivity contribution in [2.75, 3.05) is 38.8 Å². The highest BCUT2D eigenvalue weighted by molar-refractivity contribution is 6.02. The predicted molar refractivity (Wildman–Crippen MR) is 118 cm³/mol. The van der Waals surface area contributed by atoms with Crippen LogP contribution >= 0.6 is 0 Å². The minimum absolute atomic E-state index is 0.147. The van der Waals surface area contributed by atoms with Crippen LogP contribution in [0.4, 0.5) is 5.69 Å². The first-order valence-corrected chi connectivity index (χ1v) is 10.2. The Labute approximate surface area is 177 Å². The summed E-state index contributed by atoms with van der Waals surface area (Å²) < 4.78 is 16.6. The topological polar surface area (TPSA) is 68.2 Å². The van der Waals surface area contributed by atoms with Gasteiger partial charge in [-0.1, -0.05) is 18.2 Å². The molecule has 6 heteroatoms. The normalized spacial score (nSPS) is 14.3. The molecule has 0 spiro atoms. The molecule has 0 heterocycles. The Bertz CT molecular complexity index is 908. The first-order chi connectivity index (χ1) is 14.5. The molecule has 1 aliphatic rings. The van der Waals surface area contributed by atoms with Gasteiger partial charge < -0.3 is 24.2 Å². The van der Waals surface area contributed by atoms with Crippen molar-refractivity contribution in [1.29, 1.82) is 0 Å². The number of hydrogen-bond acceptors (Lipinski definition) is 6. The molecule has 0 radical (unpaired) electrons. The van der Waals surface area contributed by atoms with Crippen LogP contribution in [0.15, 0.2) is 48.5 Å². The molecule has 0 bridgehead atoms. The lowest BCUT2D eigenvalue weighted by Gasteiger charge is -2.27. The van der Waals surface area contributed by atoms with Crippen LogP contribution in [-0.2, 0) is 4.79 Å². The summed E-state index contributed by atoms with van der Waals surface area (Å²) in [6.07, 6.45) is 2.27. The zero-order chi connectivity index (χ0) is 21.5. The molecule has 0 aliphatic heterocycles. The fraction of sp³-hybridized carbons (Fsp3) is 0.375. The van der Waals surface area contributed by atoms with Crippen molar-refractivity contribution >= 4 is 17.0 Å². The maximum atomic E-state index is 11.6. The number of hydrogen-bond donors (Lipinski definition) is 1. The largest absolute Gasteiger partial charge is 0.493 e. The number of benzene rings is 2. The first kappa shape index (κ1) is 21.7. The van der Waals surface area contributed by atoms with E-state index in [4.69, 9.17) is 14.2 Å². The van der Waals surface area contributed by atoms with Crippen molar-refractivity contribution in [1.82, 2.24) is 0 Å². The number of para-hydroxylation sites is 1. The van der Waals surface area contributed by atoms with Crippen LogP contribution in [0.25, 0.3) is 5.57 Å². The van der Waals surface area contributed by atoms with Gasteiger partial charge in [0.25, 0.3) is 0 Å². The van der Waals surface area contributed by atoms with E-state index in [-0.39, 0.29) is 12.4 Å². The number of methoxy groups -OCH3 is 2. The summed E-state index contributed by atoms with van der Waals surface area (Å²) in [6, 6.07) is 13.3. The highest BCUT2D eigenvalue weighted by Gasteiger charge is 2.18. The summed E-state index contributed by atoms with van der Waals surface area (Å²) in [5.41, 5.74) is 2.85. The van der Waals surface area contributed by atoms with Gasteiger partial charge in [-0.25, -0.2) is 0 Å². The Morgan fingerprint density at radius 1 is 1.03 bits per heavy atom. The van der Waals surface area contributed by atoms with Gasteiger partial charge in [-0.05, 0) is 43.2 Å². The second kappa shape index (κ2) is 10.2. The molecule has 1 N–H and O–H groups in total. The Balaban J connectivity index is 1.65. The van der Waals surface area contributed by atoms with E-state index in [0.29, 0.717) is 30.2 Å². The zero-order valence-electron chi connectivity index (χ0n) is 17.8. The smallest absolute Gasteiger partial charge is 0.162 e. The highest BCUT2D eigenvalue weighted by atomic mass is 16.5. The Hall–Kier alpha value is -2.99. The van der Waals surface area contributed by atoms with Crippen molar-refractivity contribution in [2.45, 2.75) is 25.9 Å². The van der Waals surface area contributed by atoms with E-state index in [9.17, 15) is 9.90 Å². The van der Waals surface area contributed by atoms with Crippen molar-refractivity contribution in [3.63, 3.8) is 0 Å². The van der Waals surface area contributed by atoms with E-state index in [1.807, 2.05) is 49.4 Å². The molecule has 0 saturated heterocycles. The number of rotatable bonds is 10. The molecule has 1 unspecified atom stereocenters. The number of allylic oxidation sites excluding steroid dienone is 2. The minimum atomic E-state index is -0.690. The molecule has 30 heavy (non-hydrogen) atoms. The maximum Gasteiger partial charge on any atom is 0.162 e. The van der Waals surface area contributed by atoms with Crippen LogP contribution < -0.4 is 19.1 Å². The summed E-state index contributed by atoms with van der Waals surface area (Å²) in [5.74, 6) is 2.14. The molecule has 1 atom stereocenters. The van der Waals surface area contributed by atoms with E-state index in [1.54, 1.807) is 20.3 Å². The van der Waals surface area contributed by atoms with Crippen LogP contribution in [0.2, 0.25) is 0 Å². The Morgan fingerprint density at radius 2 is 1.80 bits per heavy atom. The third-order valence-corrected chi connectivity index (χ3v) is 5.19. The molecule has 0 saturated carbocycles. The molecule has 0 aromatic heterocycles. The molecule has 0 amide bonds. The lowest BCUT2D eigenvalue weighted by atomic mass is 10.0. The lowest BCUT2D eigenvalue weighted by Crippen LogP contribution is -2.35. The standard InChI is InChI=1S/C24H29NO5/c1-4-25(18-10-12-23(28-2)24(14-18)29-3)15-20(27)16-30-22-8-6-5-7-21(22)17-9-11-19(26)13-17/h5-8,10,12-14,20,27H,4,9,11,15-16H2,1-3H3. The number of anilines is 1. The number of carbonyl (C=O) groups excluding carboxylic acids is 1. The molecular weight excluding hydrogens is 382 g/mol. The number of ether oxygens (including phenoxy) is 3. The van der Waals surface area contributed by atoms with Crippen LogP contribution in [-0.4, -0.2) is 50.9 Å². The average molecular weight is 411 g/mol. The number of ketones is 1. The van der Waals surface area contributed by atoms with Gasteiger partial charge in [-0.2, -0.15) is 0 Å². The molecule has 2 aromatic carbocycles. The Kier molecular flexibility index (Phi) is 7.36. The van der Waals surface area contributed by atoms with E-state index < -0.39 is 6.10 Å². The van der Waals surface area contributed by atoms with E-state index in [0.717, 1.165) is 29.8 Å². The maximum absolute atomic E-state index is 11.6. The summed E-state index contributed by atoms with van der Waals surface area (Å²) in [5, 5.41) is 10.6. The van der Waals surface area contributed by atoms with Gasteiger partial charge in [0.05, 0.1) is 14.2 Å². The van der Waals surface area contributed by atoms with Gasteiger partial charge >= 0.3 is 0 Å². The third-order valence-electron chi connectivity index (χ3n) is 5.19. The van der Waals surface area contributed by atoms with Crippen molar-refractivity contribution in [3.05, 3.63) is 54.1 Å². The van der Waals surface area contributed by atoms with Crippen LogP contribution in [0.3, 0.4) is 0 Å². The second-order valence-corrected chi connectivity index (χ2v) is 7.17. The van der Waals surface area contributed by atoms with Crippen molar-refractivity contribution in [3.8, 4) is 17.2 Å². The molecule has 160 valence electrons. The fourth-order valence-corrected chi connectivity index (χ4v) is 3.60. The third kappa shape index (κ3) is 5.13. The number of aliphatic hydroxyl groups is 1. The van der Waals surface area contributed by atoms with E-state index in [1.165, 1.54) is 0 Å². The summed E-state index contributed by atoms with van der Waals surface area (Å²) in [4.78, 5) is 13.7. The summed E-state index contributed by atoms with van der Waals surface area (Å²) in [6.45, 7) is 3.32. The van der Waals surface area contributed by atoms with Gasteiger partial charge in [0.15, 0.2) is 17.3 Å². The van der Waals surface area contributed by atoms with Crippen LogP contribution in [0.1, 0.15) is 25.3 Å². The minimum Gasteiger partial charge on any atom is -0.493 e. The van der Waals surface area contributed by atoms with Gasteiger partial charge in [-0.3, -0.25) is 4.79 Å². The summed E-state index contributed by atoms with van der Waals surface area (Å²) in [7, 11) is 3.21. The molecular formula is C24H29NO5. The van der Waals surface area contributed by atoms with Gasteiger partial charge in [0.2, 0.25) is 0 Å². The highest BCUT2D eigenvalue weighted by Crippen LogP contribution is 2.33. The Morgan fingerprint density at radius 3 is 2.47 bits per heavy atom. The van der Waals surface area contributed by atoms with E-state index in [2.05, 4.69) is 4.90 Å². The number of likely N-dealkylation sites (N-methyl/N-ethyl adjacent to an activating group) is 1. The molecule has 2 aromatic rings.